The van der Waals surface area contributed by atoms with Crippen LogP contribution in [0.4, 0.5) is 8.78 Å². The maximum atomic E-state index is 13.5. The molecule has 36 heavy (non-hydrogen) atoms. The van der Waals surface area contributed by atoms with Gasteiger partial charge in [0.25, 0.3) is 0 Å². The fourth-order valence-electron chi connectivity index (χ4n) is 4.03. The van der Waals surface area contributed by atoms with Gasteiger partial charge in [-0.3, -0.25) is 9.58 Å². The number of nitrogens with zero attached hydrogens (tertiary/aromatic N) is 3. The molecule has 0 amide bonds. The van der Waals surface area contributed by atoms with Gasteiger partial charge in [-0.25, -0.2) is 8.78 Å². The number of benzene rings is 2. The van der Waals surface area contributed by atoms with Crippen LogP contribution in [-0.2, 0) is 17.8 Å². The van der Waals surface area contributed by atoms with E-state index in [2.05, 4.69) is 10.00 Å². The molecule has 1 N–H and O–H groups in total. The van der Waals surface area contributed by atoms with Gasteiger partial charge in [-0.1, -0.05) is 6.07 Å². The van der Waals surface area contributed by atoms with Crippen LogP contribution in [0.25, 0.3) is 0 Å². The molecular weight excluding hydrogens is 472 g/mol. The second kappa shape index (κ2) is 11.7. The van der Waals surface area contributed by atoms with E-state index in [1.165, 1.54) is 6.07 Å². The lowest BCUT2D eigenvalue weighted by Crippen LogP contribution is -2.48. The molecule has 0 aliphatic carbocycles. The number of aromatic nitrogens is 2. The highest BCUT2D eigenvalue weighted by Gasteiger charge is 2.33. The van der Waals surface area contributed by atoms with E-state index in [0.717, 1.165) is 23.3 Å². The van der Waals surface area contributed by atoms with Crippen molar-refractivity contribution >= 4 is 0 Å². The molecule has 1 aliphatic heterocycles. The second-order valence-electron chi connectivity index (χ2n) is 8.97. The Kier molecular flexibility index (Phi) is 8.40. The number of hydrogen-bond acceptors (Lipinski definition) is 7. The summed E-state index contributed by atoms with van der Waals surface area (Å²) in [4.78, 5) is 2.06. The van der Waals surface area contributed by atoms with Gasteiger partial charge in [0.15, 0.2) is 23.1 Å². The van der Waals surface area contributed by atoms with Crippen molar-refractivity contribution in [2.24, 2.45) is 0 Å². The van der Waals surface area contributed by atoms with E-state index in [1.54, 1.807) is 13.3 Å². The van der Waals surface area contributed by atoms with Crippen LogP contribution in [0, 0.1) is 18.6 Å². The van der Waals surface area contributed by atoms with Gasteiger partial charge in [-0.2, -0.15) is 5.10 Å². The third-order valence-electron chi connectivity index (χ3n) is 5.81. The number of β-amino-alcohol motifs (C(OH)–C–C–N with tert-alkyl or cyclic N) is 1. The van der Waals surface area contributed by atoms with Gasteiger partial charge in [0.2, 0.25) is 0 Å². The Morgan fingerprint density at radius 1 is 1.11 bits per heavy atom. The number of aryl methyl sites for hydroxylation is 1. The molecule has 1 aliphatic rings. The standard InChI is InChI=1S/C26H31F2N3O5/c1-19-13-29-31(14-19)8-10-35-25-11-20(3-6-24(25)33-2)15-30-7-9-34-17-26(32,16-30)18-36-21-4-5-22(27)23(28)12-21/h3-6,11-14,32H,7-10,15-18H2,1-2H3/t26-/m0/s1. The summed E-state index contributed by atoms with van der Waals surface area (Å²) < 4.78 is 51.1. The predicted octanol–water partition coefficient (Wildman–Crippen LogP) is 3.20. The lowest BCUT2D eigenvalue weighted by Gasteiger charge is -2.30. The summed E-state index contributed by atoms with van der Waals surface area (Å²) in [5.74, 6) is -0.562. The molecule has 4 rings (SSSR count). The van der Waals surface area contributed by atoms with Crippen molar-refractivity contribution in [3.63, 3.8) is 0 Å². The molecule has 194 valence electrons. The molecule has 2 heterocycles. The Hall–Kier alpha value is -3.21. The van der Waals surface area contributed by atoms with E-state index < -0.39 is 17.2 Å². The maximum Gasteiger partial charge on any atom is 0.162 e. The average Bonchev–Trinajstić information content (AvgIpc) is 3.18. The number of methoxy groups -OCH3 is 1. The Morgan fingerprint density at radius 2 is 1.97 bits per heavy atom. The van der Waals surface area contributed by atoms with Crippen molar-refractivity contribution in [1.29, 1.82) is 0 Å². The van der Waals surface area contributed by atoms with Crippen LogP contribution < -0.4 is 14.2 Å². The zero-order valence-electron chi connectivity index (χ0n) is 20.5. The molecule has 1 atom stereocenters. The zero-order valence-corrected chi connectivity index (χ0v) is 20.5. The smallest absolute Gasteiger partial charge is 0.162 e. The Balaban J connectivity index is 1.37. The monoisotopic (exact) mass is 503 g/mol. The minimum atomic E-state index is -1.32. The first-order chi connectivity index (χ1) is 17.3. The predicted molar refractivity (Wildman–Crippen MR) is 128 cm³/mol. The number of hydrogen-bond donors (Lipinski definition) is 1. The molecule has 1 saturated heterocycles. The normalized spacial score (nSPS) is 18.6. The summed E-state index contributed by atoms with van der Waals surface area (Å²) in [6.45, 7) is 4.82. The van der Waals surface area contributed by atoms with E-state index in [0.29, 0.717) is 44.3 Å². The fraction of sp³-hybridized carbons (Fsp3) is 0.423. The number of ether oxygens (including phenoxy) is 4. The first kappa shape index (κ1) is 25.9. The van der Waals surface area contributed by atoms with Crippen LogP contribution in [0.5, 0.6) is 17.2 Å². The van der Waals surface area contributed by atoms with Crippen molar-refractivity contribution in [2.75, 3.05) is 46.6 Å². The SMILES string of the molecule is COc1ccc(CN2CCOC[C@](O)(COc3ccc(F)c(F)c3)C2)cc1OCCn1cc(C)cn1. The third kappa shape index (κ3) is 6.93. The number of rotatable bonds is 10. The molecule has 2 aromatic carbocycles. The van der Waals surface area contributed by atoms with Crippen LogP contribution in [-0.4, -0.2) is 72.0 Å². The van der Waals surface area contributed by atoms with Crippen molar-refractivity contribution in [3.05, 3.63) is 71.6 Å². The van der Waals surface area contributed by atoms with Crippen molar-refractivity contribution < 1.29 is 32.8 Å². The summed E-state index contributed by atoms with van der Waals surface area (Å²) in [5.41, 5.74) is 0.743. The summed E-state index contributed by atoms with van der Waals surface area (Å²) in [6, 6.07) is 9.00. The maximum absolute atomic E-state index is 13.5. The van der Waals surface area contributed by atoms with Gasteiger partial charge in [0, 0.05) is 31.9 Å². The van der Waals surface area contributed by atoms with E-state index in [4.69, 9.17) is 18.9 Å². The van der Waals surface area contributed by atoms with Crippen molar-refractivity contribution in [3.8, 4) is 17.2 Å². The van der Waals surface area contributed by atoms with Crippen LogP contribution in [0.1, 0.15) is 11.1 Å². The highest BCUT2D eigenvalue weighted by atomic mass is 19.2. The molecule has 1 aromatic heterocycles. The summed E-state index contributed by atoms with van der Waals surface area (Å²) in [7, 11) is 1.60. The van der Waals surface area contributed by atoms with Crippen LogP contribution in [0.2, 0.25) is 0 Å². The summed E-state index contributed by atoms with van der Waals surface area (Å²) in [5, 5.41) is 15.4. The highest BCUT2D eigenvalue weighted by molar-refractivity contribution is 5.43. The lowest BCUT2D eigenvalue weighted by atomic mass is 10.1. The Morgan fingerprint density at radius 3 is 2.72 bits per heavy atom. The topological polar surface area (TPSA) is 78.2 Å². The number of halogens is 2. The van der Waals surface area contributed by atoms with Crippen LogP contribution in [0.15, 0.2) is 48.8 Å². The summed E-state index contributed by atoms with van der Waals surface area (Å²) >= 11 is 0. The number of aliphatic hydroxyl groups is 1. The molecule has 0 radical (unpaired) electrons. The van der Waals surface area contributed by atoms with E-state index in [9.17, 15) is 13.9 Å². The highest BCUT2D eigenvalue weighted by Crippen LogP contribution is 2.29. The van der Waals surface area contributed by atoms with Crippen LogP contribution in [0.3, 0.4) is 0 Å². The van der Waals surface area contributed by atoms with Crippen molar-refractivity contribution in [1.82, 2.24) is 14.7 Å². The zero-order chi connectivity index (χ0) is 25.5. The van der Waals surface area contributed by atoms with Gasteiger partial charge in [0.05, 0.1) is 33.1 Å². The van der Waals surface area contributed by atoms with Gasteiger partial charge >= 0.3 is 0 Å². The van der Waals surface area contributed by atoms with Gasteiger partial charge in [-0.15, -0.1) is 0 Å². The van der Waals surface area contributed by atoms with Crippen LogP contribution >= 0.6 is 0 Å². The molecule has 0 saturated carbocycles. The quantitative estimate of drug-likeness (QED) is 0.455. The Labute approximate surface area is 209 Å². The molecule has 10 heteroatoms. The van der Waals surface area contributed by atoms with Gasteiger partial charge in [0.1, 0.15) is 24.6 Å². The molecule has 0 bridgehead atoms. The van der Waals surface area contributed by atoms with Crippen molar-refractivity contribution in [2.45, 2.75) is 25.6 Å². The molecule has 8 nitrogen and oxygen atoms in total. The molecule has 0 spiro atoms. The van der Waals surface area contributed by atoms with Gasteiger partial charge in [-0.05, 0) is 42.3 Å². The third-order valence-corrected chi connectivity index (χ3v) is 5.81. The summed E-state index contributed by atoms with van der Waals surface area (Å²) in [6.07, 6.45) is 3.76. The molecular formula is C26H31F2N3O5. The first-order valence-corrected chi connectivity index (χ1v) is 11.7. The van der Waals surface area contributed by atoms with E-state index in [-0.39, 0.29) is 25.5 Å². The Bertz CT molecular complexity index is 1160. The van der Waals surface area contributed by atoms with E-state index >= 15 is 0 Å². The molecule has 3 aromatic rings. The lowest BCUT2D eigenvalue weighted by molar-refractivity contribution is -0.0647. The van der Waals surface area contributed by atoms with Gasteiger partial charge < -0.3 is 24.1 Å². The minimum Gasteiger partial charge on any atom is -0.493 e. The fourth-order valence-corrected chi connectivity index (χ4v) is 4.03. The second-order valence-corrected chi connectivity index (χ2v) is 8.97. The average molecular weight is 504 g/mol. The minimum absolute atomic E-state index is 0.0665. The first-order valence-electron chi connectivity index (χ1n) is 11.7. The van der Waals surface area contributed by atoms with E-state index in [1.807, 2.05) is 36.0 Å². The molecule has 0 unspecified atom stereocenters. The largest absolute Gasteiger partial charge is 0.493 e. The molecule has 1 fully saturated rings.